The topological polar surface area (TPSA) is 57.6 Å². The number of carbonyl (C=O) groups is 2. The Kier molecular flexibility index (Phi) is 4.64. The fraction of sp³-hybridized carbons (Fsp3) is 0.111. The zero-order chi connectivity index (χ0) is 17.3. The number of hydrogen-bond donors (Lipinski definition) is 1. The largest absolute Gasteiger partial charge is 0.507 e. The molecule has 0 aliphatic carbocycles. The highest BCUT2D eigenvalue weighted by Crippen LogP contribution is 2.35. The monoisotopic (exact) mass is 359 g/mol. The SMILES string of the molecule is Cc1ccc(O)c(/C=C2\SC(=O)N(Cc3cccc(Cl)c3)C2=O)c1. The van der Waals surface area contributed by atoms with Crippen LogP contribution < -0.4 is 0 Å². The van der Waals surface area contributed by atoms with Crippen LogP contribution in [0.25, 0.3) is 6.08 Å². The average molecular weight is 360 g/mol. The van der Waals surface area contributed by atoms with Crippen LogP contribution >= 0.6 is 23.4 Å². The van der Waals surface area contributed by atoms with Crippen LogP contribution in [0.2, 0.25) is 5.02 Å². The van der Waals surface area contributed by atoms with Crippen LogP contribution in [0.4, 0.5) is 4.79 Å². The van der Waals surface area contributed by atoms with Crippen LogP contribution in [-0.2, 0) is 11.3 Å². The van der Waals surface area contributed by atoms with Crippen LogP contribution in [0.1, 0.15) is 16.7 Å². The molecule has 0 radical (unpaired) electrons. The number of imide groups is 1. The predicted octanol–water partition coefficient (Wildman–Crippen LogP) is 4.59. The molecule has 122 valence electrons. The third-order valence-electron chi connectivity index (χ3n) is 3.57. The molecular formula is C18H14ClNO3S. The van der Waals surface area contributed by atoms with Gasteiger partial charge in [0.05, 0.1) is 11.4 Å². The van der Waals surface area contributed by atoms with E-state index in [-0.39, 0.29) is 23.4 Å². The van der Waals surface area contributed by atoms with Gasteiger partial charge >= 0.3 is 0 Å². The van der Waals surface area contributed by atoms with Crippen LogP contribution in [0.5, 0.6) is 5.75 Å². The van der Waals surface area contributed by atoms with Crippen LogP contribution in [0, 0.1) is 6.92 Å². The number of phenols is 1. The molecule has 2 aromatic carbocycles. The zero-order valence-corrected chi connectivity index (χ0v) is 14.4. The smallest absolute Gasteiger partial charge is 0.293 e. The van der Waals surface area contributed by atoms with Gasteiger partial charge in [0.25, 0.3) is 11.1 Å². The summed E-state index contributed by atoms with van der Waals surface area (Å²) in [5, 5.41) is 10.1. The van der Waals surface area contributed by atoms with Crippen molar-refractivity contribution in [3.05, 3.63) is 69.1 Å². The van der Waals surface area contributed by atoms with Gasteiger partial charge in [-0.1, -0.05) is 35.4 Å². The minimum atomic E-state index is -0.370. The molecule has 1 aliphatic rings. The molecule has 0 spiro atoms. The summed E-state index contributed by atoms with van der Waals surface area (Å²) in [5.41, 5.74) is 2.25. The lowest BCUT2D eigenvalue weighted by Gasteiger charge is -2.12. The Morgan fingerprint density at radius 2 is 2.00 bits per heavy atom. The van der Waals surface area contributed by atoms with Gasteiger partial charge in [0, 0.05) is 10.6 Å². The van der Waals surface area contributed by atoms with E-state index in [1.807, 2.05) is 13.0 Å². The molecule has 24 heavy (non-hydrogen) atoms. The first-order valence-electron chi connectivity index (χ1n) is 7.23. The molecular weight excluding hydrogens is 346 g/mol. The first-order chi connectivity index (χ1) is 11.4. The van der Waals surface area contributed by atoms with Crippen molar-refractivity contribution < 1.29 is 14.7 Å². The Balaban J connectivity index is 1.86. The summed E-state index contributed by atoms with van der Waals surface area (Å²) in [6.07, 6.45) is 1.55. The van der Waals surface area contributed by atoms with Gasteiger partial charge in [0.1, 0.15) is 5.75 Å². The standard InChI is InChI=1S/C18H14ClNO3S/c1-11-5-6-15(21)13(7-11)9-16-17(22)20(18(23)24-16)10-12-3-2-4-14(19)8-12/h2-9,21H,10H2,1H3/b16-9-. The summed E-state index contributed by atoms with van der Waals surface area (Å²) in [4.78, 5) is 26.1. The van der Waals surface area contributed by atoms with Gasteiger partial charge < -0.3 is 5.11 Å². The first kappa shape index (κ1) is 16.6. The summed E-state index contributed by atoms with van der Waals surface area (Å²) in [7, 11) is 0. The van der Waals surface area contributed by atoms with Crippen LogP contribution in [0.3, 0.4) is 0 Å². The molecule has 1 aliphatic heterocycles. The third kappa shape index (κ3) is 3.47. The van der Waals surface area contributed by atoms with Crippen molar-refractivity contribution in [3.8, 4) is 5.75 Å². The molecule has 1 saturated heterocycles. The maximum Gasteiger partial charge on any atom is 0.293 e. The molecule has 4 nitrogen and oxygen atoms in total. The third-order valence-corrected chi connectivity index (χ3v) is 4.72. The lowest BCUT2D eigenvalue weighted by atomic mass is 10.1. The highest BCUT2D eigenvalue weighted by molar-refractivity contribution is 8.18. The summed E-state index contributed by atoms with van der Waals surface area (Å²) in [6.45, 7) is 2.06. The Labute approximate surface area is 148 Å². The van der Waals surface area contributed by atoms with E-state index >= 15 is 0 Å². The number of aryl methyl sites for hydroxylation is 1. The van der Waals surface area contributed by atoms with Gasteiger partial charge in [-0.15, -0.1) is 0 Å². The molecule has 3 rings (SSSR count). The van der Waals surface area contributed by atoms with Gasteiger partial charge in [0.2, 0.25) is 0 Å². The molecule has 0 aromatic heterocycles. The van der Waals surface area contributed by atoms with Crippen molar-refractivity contribution >= 4 is 40.6 Å². The van der Waals surface area contributed by atoms with E-state index in [9.17, 15) is 14.7 Å². The molecule has 1 N–H and O–H groups in total. The van der Waals surface area contributed by atoms with Gasteiger partial charge in [-0.25, -0.2) is 0 Å². The van der Waals surface area contributed by atoms with E-state index in [0.717, 1.165) is 22.9 Å². The quantitative estimate of drug-likeness (QED) is 0.814. The predicted molar refractivity (Wildman–Crippen MR) is 95.8 cm³/mol. The number of halogens is 1. The molecule has 0 unspecified atom stereocenters. The van der Waals surface area contributed by atoms with Gasteiger partial charge in [-0.3, -0.25) is 14.5 Å². The van der Waals surface area contributed by atoms with Crippen molar-refractivity contribution in [2.24, 2.45) is 0 Å². The number of amides is 2. The number of hydrogen-bond acceptors (Lipinski definition) is 4. The molecule has 1 fully saturated rings. The lowest BCUT2D eigenvalue weighted by molar-refractivity contribution is -0.123. The molecule has 2 aromatic rings. The number of benzene rings is 2. The molecule has 6 heteroatoms. The highest BCUT2D eigenvalue weighted by atomic mass is 35.5. The summed E-state index contributed by atoms with van der Waals surface area (Å²) < 4.78 is 0. The van der Waals surface area contributed by atoms with Gasteiger partial charge in [-0.05, 0) is 54.6 Å². The summed E-state index contributed by atoms with van der Waals surface area (Å²) >= 11 is 6.81. The van der Waals surface area contributed by atoms with Crippen LogP contribution in [-0.4, -0.2) is 21.2 Å². The number of carbonyl (C=O) groups excluding carboxylic acids is 2. The van der Waals surface area contributed by atoms with E-state index in [2.05, 4.69) is 0 Å². The molecule has 2 amide bonds. The maximum atomic E-state index is 12.5. The first-order valence-corrected chi connectivity index (χ1v) is 8.43. The number of thioether (sulfide) groups is 1. The van der Waals surface area contributed by atoms with Crippen molar-refractivity contribution in [2.75, 3.05) is 0 Å². The van der Waals surface area contributed by atoms with Gasteiger partial charge in [-0.2, -0.15) is 0 Å². The zero-order valence-electron chi connectivity index (χ0n) is 12.8. The molecule has 0 atom stereocenters. The van der Waals surface area contributed by atoms with Gasteiger partial charge in [0.15, 0.2) is 0 Å². The van der Waals surface area contributed by atoms with E-state index < -0.39 is 0 Å². The minimum absolute atomic E-state index is 0.0715. The molecule has 1 heterocycles. The van der Waals surface area contributed by atoms with Crippen molar-refractivity contribution in [1.29, 1.82) is 0 Å². The van der Waals surface area contributed by atoms with E-state index in [4.69, 9.17) is 11.6 Å². The Hall–Kier alpha value is -2.24. The van der Waals surface area contributed by atoms with E-state index in [1.165, 1.54) is 4.90 Å². The van der Waals surface area contributed by atoms with Crippen molar-refractivity contribution in [1.82, 2.24) is 4.90 Å². The van der Waals surface area contributed by atoms with E-state index in [1.54, 1.807) is 42.5 Å². The second kappa shape index (κ2) is 6.71. The normalized spacial score (nSPS) is 16.2. The average Bonchev–Trinajstić information content (AvgIpc) is 2.79. The Bertz CT molecular complexity index is 863. The lowest BCUT2D eigenvalue weighted by Crippen LogP contribution is -2.27. The molecule has 0 bridgehead atoms. The Morgan fingerprint density at radius 1 is 1.21 bits per heavy atom. The second-order valence-corrected chi connectivity index (χ2v) is 6.89. The fourth-order valence-electron chi connectivity index (χ4n) is 2.38. The minimum Gasteiger partial charge on any atom is -0.507 e. The summed E-state index contributed by atoms with van der Waals surface area (Å²) in [6, 6.07) is 12.2. The van der Waals surface area contributed by atoms with E-state index in [0.29, 0.717) is 15.5 Å². The maximum absolute atomic E-state index is 12.5. The molecule has 0 saturated carbocycles. The Morgan fingerprint density at radius 3 is 2.75 bits per heavy atom. The fourth-order valence-corrected chi connectivity index (χ4v) is 3.43. The summed E-state index contributed by atoms with van der Waals surface area (Å²) in [5.74, 6) is -0.298. The highest BCUT2D eigenvalue weighted by Gasteiger charge is 2.35. The second-order valence-electron chi connectivity index (χ2n) is 5.46. The van der Waals surface area contributed by atoms with Crippen LogP contribution in [0.15, 0.2) is 47.4 Å². The number of aromatic hydroxyl groups is 1. The van der Waals surface area contributed by atoms with Crippen molar-refractivity contribution in [2.45, 2.75) is 13.5 Å². The number of rotatable bonds is 3. The van der Waals surface area contributed by atoms with Crippen molar-refractivity contribution in [3.63, 3.8) is 0 Å². The number of phenolic OH excluding ortho intramolecular Hbond substituents is 1. The number of nitrogens with zero attached hydrogens (tertiary/aromatic N) is 1.